The quantitative estimate of drug-likeness (QED) is 0.103. The monoisotopic (exact) mass is 648 g/mol. The summed E-state index contributed by atoms with van der Waals surface area (Å²) in [6, 6.07) is 7.18. The Morgan fingerprint density at radius 3 is 1.04 bits per heavy atom. The molecule has 14 nitrogen and oxygen atoms in total. The van der Waals surface area contributed by atoms with Gasteiger partial charge in [0.15, 0.2) is 0 Å². The lowest BCUT2D eigenvalue weighted by atomic mass is 10.3. The molecule has 0 aliphatic rings. The van der Waals surface area contributed by atoms with Gasteiger partial charge in [0.1, 0.15) is 12.4 Å². The molecule has 0 saturated heterocycles. The van der Waals surface area contributed by atoms with Crippen molar-refractivity contribution in [1.29, 1.82) is 0 Å². The normalized spacial score (nSPS) is 11.2. The second-order valence-corrected chi connectivity index (χ2v) is 9.28. The van der Waals surface area contributed by atoms with Gasteiger partial charge in [-0.05, 0) is 31.3 Å². The first kappa shape index (κ1) is 41.1. The third kappa shape index (κ3) is 30.5. The number of benzene rings is 1. The summed E-state index contributed by atoms with van der Waals surface area (Å²) in [6.07, 6.45) is 0. The molecule has 0 aliphatic heterocycles. The van der Waals surface area contributed by atoms with Gasteiger partial charge in [0.25, 0.3) is 0 Å². The molecular weight excluding hydrogens is 592 g/mol. The number of hydrogen-bond acceptors (Lipinski definition) is 13. The Hall–Kier alpha value is -1.95. The molecule has 0 spiro atoms. The molecule has 2 N–H and O–H groups in total. The SMILES string of the molecule is CNCCOCCOCCOCCOCCOCCOCCOCCOCCOCCOCCOc1ccc(NC(C)=O)cc1. The van der Waals surface area contributed by atoms with Crippen LogP contribution >= 0.6 is 0 Å². The zero-order valence-corrected chi connectivity index (χ0v) is 27.3. The maximum absolute atomic E-state index is 11.0. The number of likely N-dealkylation sites (N-methyl/N-ethyl adjacent to an activating group) is 1. The van der Waals surface area contributed by atoms with Gasteiger partial charge in [0.05, 0.1) is 132 Å². The van der Waals surface area contributed by atoms with Gasteiger partial charge in [-0.3, -0.25) is 4.79 Å². The third-order valence-corrected chi connectivity index (χ3v) is 5.52. The summed E-state index contributed by atoms with van der Waals surface area (Å²) in [7, 11) is 1.89. The van der Waals surface area contributed by atoms with Crippen molar-refractivity contribution in [3.63, 3.8) is 0 Å². The first-order valence-electron chi connectivity index (χ1n) is 15.6. The molecule has 0 atom stereocenters. The van der Waals surface area contributed by atoms with E-state index in [1.54, 1.807) is 24.3 Å². The minimum absolute atomic E-state index is 0.107. The summed E-state index contributed by atoms with van der Waals surface area (Å²) < 4.78 is 60.1. The minimum Gasteiger partial charge on any atom is -0.491 e. The molecule has 1 aromatic rings. The van der Waals surface area contributed by atoms with Crippen LogP contribution in [0.2, 0.25) is 0 Å². The molecule has 0 fully saturated rings. The predicted molar refractivity (Wildman–Crippen MR) is 168 cm³/mol. The van der Waals surface area contributed by atoms with Crippen LogP contribution in [0.15, 0.2) is 24.3 Å². The number of carbonyl (C=O) groups is 1. The van der Waals surface area contributed by atoms with Crippen LogP contribution in [-0.2, 0) is 52.2 Å². The van der Waals surface area contributed by atoms with Gasteiger partial charge in [-0.15, -0.1) is 0 Å². The second-order valence-electron chi connectivity index (χ2n) is 9.28. The van der Waals surface area contributed by atoms with E-state index < -0.39 is 0 Å². The Bertz CT molecular complexity index is 761. The van der Waals surface area contributed by atoms with Crippen LogP contribution in [0, 0.1) is 0 Å². The van der Waals surface area contributed by atoms with Gasteiger partial charge < -0.3 is 62.7 Å². The molecular formula is C31H56N2O12. The molecule has 0 bridgehead atoms. The summed E-state index contributed by atoms with van der Waals surface area (Å²) >= 11 is 0. The highest BCUT2D eigenvalue weighted by Gasteiger charge is 1.99. The van der Waals surface area contributed by atoms with Gasteiger partial charge in [0.2, 0.25) is 5.91 Å². The number of rotatable bonds is 35. The maximum Gasteiger partial charge on any atom is 0.221 e. The van der Waals surface area contributed by atoms with E-state index in [1.165, 1.54) is 6.92 Å². The van der Waals surface area contributed by atoms with Crippen LogP contribution in [0.3, 0.4) is 0 Å². The molecule has 0 saturated carbocycles. The summed E-state index contributed by atoms with van der Waals surface area (Å²) in [5.41, 5.74) is 0.732. The number of ether oxygens (including phenoxy) is 11. The molecule has 14 heteroatoms. The molecule has 0 aromatic heterocycles. The average Bonchev–Trinajstić information content (AvgIpc) is 3.04. The van der Waals surface area contributed by atoms with E-state index in [1.807, 2.05) is 7.05 Å². The van der Waals surface area contributed by atoms with Crippen molar-refractivity contribution in [3.05, 3.63) is 24.3 Å². The first-order chi connectivity index (χ1) is 22.2. The Balaban J connectivity index is 1.66. The lowest BCUT2D eigenvalue weighted by Crippen LogP contribution is -2.17. The number of hydrogen-bond donors (Lipinski definition) is 2. The first-order valence-corrected chi connectivity index (χ1v) is 15.6. The number of nitrogens with one attached hydrogen (secondary N) is 2. The van der Waals surface area contributed by atoms with Crippen LogP contribution in [0.1, 0.15) is 6.92 Å². The van der Waals surface area contributed by atoms with Crippen molar-refractivity contribution in [2.45, 2.75) is 6.92 Å². The fourth-order valence-corrected chi connectivity index (χ4v) is 3.31. The maximum atomic E-state index is 11.0. The van der Waals surface area contributed by atoms with Crippen LogP contribution in [-0.4, -0.2) is 158 Å². The Morgan fingerprint density at radius 2 is 0.756 bits per heavy atom. The highest BCUT2D eigenvalue weighted by atomic mass is 16.6. The minimum atomic E-state index is -0.107. The van der Waals surface area contributed by atoms with E-state index in [0.29, 0.717) is 139 Å². The van der Waals surface area contributed by atoms with E-state index in [-0.39, 0.29) is 5.91 Å². The predicted octanol–water partition coefficient (Wildman–Crippen LogP) is 1.41. The standard InChI is InChI=1S/C31H56N2O12/c1-29(34)33-30-3-5-31(6-4-30)45-28-27-44-26-25-43-24-23-42-22-21-41-20-19-40-18-17-39-16-15-38-14-13-37-12-11-36-10-9-35-8-7-32-2/h3-6,32H,7-28H2,1-2H3,(H,33,34). The van der Waals surface area contributed by atoms with E-state index in [2.05, 4.69) is 10.6 Å². The number of amides is 1. The number of carbonyl (C=O) groups excluding carboxylic acids is 1. The van der Waals surface area contributed by atoms with Crippen LogP contribution < -0.4 is 15.4 Å². The largest absolute Gasteiger partial charge is 0.491 e. The zero-order chi connectivity index (χ0) is 32.3. The Kier molecular flexibility index (Phi) is 30.5. The molecule has 1 amide bonds. The fourth-order valence-electron chi connectivity index (χ4n) is 3.31. The van der Waals surface area contributed by atoms with E-state index >= 15 is 0 Å². The van der Waals surface area contributed by atoms with Gasteiger partial charge in [-0.25, -0.2) is 0 Å². The third-order valence-electron chi connectivity index (χ3n) is 5.52. The van der Waals surface area contributed by atoms with Crippen molar-refractivity contribution in [3.8, 4) is 5.75 Å². The topological polar surface area (TPSA) is 143 Å². The second kappa shape index (κ2) is 33.4. The highest BCUT2D eigenvalue weighted by Crippen LogP contribution is 2.15. The van der Waals surface area contributed by atoms with Gasteiger partial charge in [0, 0.05) is 19.2 Å². The summed E-state index contributed by atoms with van der Waals surface area (Å²) in [6.45, 7) is 13.2. The molecule has 262 valence electrons. The Labute approximate surface area is 268 Å². The summed E-state index contributed by atoms with van der Waals surface area (Å²) in [5.74, 6) is 0.611. The van der Waals surface area contributed by atoms with E-state index in [4.69, 9.17) is 52.1 Å². The zero-order valence-electron chi connectivity index (χ0n) is 27.3. The summed E-state index contributed by atoms with van der Waals surface area (Å²) in [4.78, 5) is 11.0. The lowest BCUT2D eigenvalue weighted by Gasteiger charge is -2.09. The molecule has 45 heavy (non-hydrogen) atoms. The van der Waals surface area contributed by atoms with Crippen molar-refractivity contribution in [2.75, 3.05) is 158 Å². The lowest BCUT2D eigenvalue weighted by molar-refractivity contribution is -0.114. The smallest absolute Gasteiger partial charge is 0.221 e. The van der Waals surface area contributed by atoms with Crippen molar-refractivity contribution < 1.29 is 56.9 Å². The van der Waals surface area contributed by atoms with Crippen LogP contribution in [0.5, 0.6) is 5.75 Å². The molecule has 0 aliphatic carbocycles. The van der Waals surface area contributed by atoms with Crippen LogP contribution in [0.4, 0.5) is 5.69 Å². The van der Waals surface area contributed by atoms with Crippen molar-refractivity contribution in [2.24, 2.45) is 0 Å². The van der Waals surface area contributed by atoms with E-state index in [0.717, 1.165) is 18.0 Å². The van der Waals surface area contributed by atoms with Gasteiger partial charge >= 0.3 is 0 Å². The van der Waals surface area contributed by atoms with Crippen LogP contribution in [0.25, 0.3) is 0 Å². The Morgan fingerprint density at radius 1 is 0.467 bits per heavy atom. The van der Waals surface area contributed by atoms with Crippen molar-refractivity contribution >= 4 is 11.6 Å². The highest BCUT2D eigenvalue weighted by molar-refractivity contribution is 5.88. The molecule has 1 rings (SSSR count). The van der Waals surface area contributed by atoms with E-state index in [9.17, 15) is 4.79 Å². The van der Waals surface area contributed by atoms with Crippen molar-refractivity contribution in [1.82, 2.24) is 5.32 Å². The fraction of sp³-hybridized carbons (Fsp3) is 0.774. The molecule has 0 radical (unpaired) electrons. The molecule has 0 unspecified atom stereocenters. The molecule has 0 heterocycles. The van der Waals surface area contributed by atoms with Gasteiger partial charge in [-0.2, -0.15) is 0 Å². The number of anilines is 1. The van der Waals surface area contributed by atoms with Gasteiger partial charge in [-0.1, -0.05) is 0 Å². The summed E-state index contributed by atoms with van der Waals surface area (Å²) in [5, 5.41) is 5.73. The average molecular weight is 649 g/mol. The molecule has 1 aromatic carbocycles.